The molecule has 1 heterocycles. The number of nitro benzene ring substituents is 1. The Labute approximate surface area is 92.2 Å². The zero-order valence-electron chi connectivity index (χ0n) is 8.07. The first-order chi connectivity index (χ1) is 7.58. The molecule has 0 aliphatic heterocycles. The Hall–Kier alpha value is -1.89. The van der Waals surface area contributed by atoms with Crippen molar-refractivity contribution in [1.29, 1.82) is 0 Å². The number of fused-ring (bicyclic) bond motifs is 1. The largest absolute Gasteiger partial charge is 0.333 e. The molecule has 0 bridgehead atoms. The van der Waals surface area contributed by atoms with Crippen molar-refractivity contribution >= 4 is 27.3 Å². The van der Waals surface area contributed by atoms with Gasteiger partial charge in [-0.2, -0.15) is 0 Å². The molecule has 16 heavy (non-hydrogen) atoms. The minimum Gasteiger partial charge on any atom is -0.333 e. The first kappa shape index (κ1) is 10.6. The zero-order valence-corrected chi connectivity index (χ0v) is 8.96. The molecule has 0 unspecified atom stereocenters. The summed E-state index contributed by atoms with van der Waals surface area (Å²) in [7, 11) is -2.56. The highest BCUT2D eigenvalue weighted by molar-refractivity contribution is 7.71. The standard InChI is InChI=1S/C9H8N2O4S/c12-11(13)8-2-1-7-3-4-10(6-16(14)15)9(7)5-8/h1-5,16H,6H2. The number of non-ortho nitro benzene ring substituents is 1. The zero-order chi connectivity index (χ0) is 11.7. The Morgan fingerprint density at radius 3 is 2.69 bits per heavy atom. The van der Waals surface area contributed by atoms with Gasteiger partial charge in [0.1, 0.15) is 5.88 Å². The van der Waals surface area contributed by atoms with Crippen LogP contribution < -0.4 is 0 Å². The number of benzene rings is 1. The molecular weight excluding hydrogens is 232 g/mol. The second-order valence-corrected chi connectivity index (χ2v) is 4.21. The average Bonchev–Trinajstić information content (AvgIpc) is 2.60. The van der Waals surface area contributed by atoms with Gasteiger partial charge in [-0.05, 0) is 12.1 Å². The van der Waals surface area contributed by atoms with E-state index in [4.69, 9.17) is 0 Å². The second-order valence-electron chi connectivity index (χ2n) is 3.26. The number of hydrogen-bond acceptors (Lipinski definition) is 4. The van der Waals surface area contributed by atoms with Crippen LogP contribution in [0, 0.1) is 10.1 Å². The third-order valence-corrected chi connectivity index (χ3v) is 2.77. The predicted molar refractivity (Wildman–Crippen MR) is 58.9 cm³/mol. The molecule has 1 aromatic carbocycles. The van der Waals surface area contributed by atoms with Crippen molar-refractivity contribution in [2.45, 2.75) is 5.88 Å². The normalized spacial score (nSPS) is 11.1. The fourth-order valence-corrected chi connectivity index (χ4v) is 2.03. The van der Waals surface area contributed by atoms with E-state index in [9.17, 15) is 18.5 Å². The van der Waals surface area contributed by atoms with Crippen molar-refractivity contribution in [3.63, 3.8) is 0 Å². The number of nitro groups is 1. The fourth-order valence-electron chi connectivity index (χ4n) is 1.53. The Morgan fingerprint density at radius 1 is 1.31 bits per heavy atom. The van der Waals surface area contributed by atoms with Crippen LogP contribution in [-0.4, -0.2) is 17.9 Å². The molecule has 0 fully saturated rings. The van der Waals surface area contributed by atoms with Gasteiger partial charge in [-0.3, -0.25) is 10.1 Å². The highest BCUT2D eigenvalue weighted by Crippen LogP contribution is 2.21. The maximum Gasteiger partial charge on any atom is 0.271 e. The lowest BCUT2D eigenvalue weighted by Gasteiger charge is -1.99. The van der Waals surface area contributed by atoms with Crippen molar-refractivity contribution in [3.05, 3.63) is 40.6 Å². The Kier molecular flexibility index (Phi) is 2.61. The summed E-state index contributed by atoms with van der Waals surface area (Å²) in [6.07, 6.45) is 1.60. The Morgan fingerprint density at radius 2 is 2.06 bits per heavy atom. The first-order valence-corrected chi connectivity index (χ1v) is 5.79. The lowest BCUT2D eigenvalue weighted by Crippen LogP contribution is -1.97. The summed E-state index contributed by atoms with van der Waals surface area (Å²) in [4.78, 5) is 10.1. The maximum atomic E-state index is 10.6. The number of nitrogens with zero attached hydrogens (tertiary/aromatic N) is 2. The van der Waals surface area contributed by atoms with Crippen LogP contribution in [0.4, 0.5) is 5.69 Å². The van der Waals surface area contributed by atoms with E-state index in [1.54, 1.807) is 18.3 Å². The van der Waals surface area contributed by atoms with E-state index in [2.05, 4.69) is 0 Å². The van der Waals surface area contributed by atoms with Crippen LogP contribution in [0.5, 0.6) is 0 Å². The summed E-state index contributed by atoms with van der Waals surface area (Å²) in [5.74, 6) is -0.167. The molecule has 2 aromatic rings. The molecule has 84 valence electrons. The van der Waals surface area contributed by atoms with E-state index < -0.39 is 15.6 Å². The molecule has 0 aliphatic rings. The van der Waals surface area contributed by atoms with Gasteiger partial charge >= 0.3 is 0 Å². The highest BCUT2D eigenvalue weighted by Gasteiger charge is 2.09. The summed E-state index contributed by atoms with van der Waals surface area (Å²) in [6.45, 7) is 0. The van der Waals surface area contributed by atoms with E-state index in [1.165, 1.54) is 16.7 Å². The summed E-state index contributed by atoms with van der Waals surface area (Å²) in [5, 5.41) is 11.4. The van der Waals surface area contributed by atoms with Gasteiger partial charge in [0.2, 0.25) is 0 Å². The second kappa shape index (κ2) is 3.93. The molecule has 0 saturated carbocycles. The Balaban J connectivity index is 2.59. The van der Waals surface area contributed by atoms with Gasteiger partial charge in [-0.15, -0.1) is 0 Å². The van der Waals surface area contributed by atoms with Crippen LogP contribution in [-0.2, 0) is 16.6 Å². The minimum atomic E-state index is -2.56. The van der Waals surface area contributed by atoms with Crippen molar-refractivity contribution in [3.8, 4) is 0 Å². The van der Waals surface area contributed by atoms with E-state index in [-0.39, 0.29) is 11.6 Å². The SMILES string of the molecule is O=[N+]([O-])c1ccc2ccn(C[SH](=O)=O)c2c1. The van der Waals surface area contributed by atoms with Crippen molar-refractivity contribution in [2.24, 2.45) is 0 Å². The molecule has 0 saturated heterocycles. The third-order valence-electron chi connectivity index (χ3n) is 2.24. The molecule has 7 heteroatoms. The molecule has 0 aliphatic carbocycles. The number of thiol groups is 1. The van der Waals surface area contributed by atoms with Gasteiger partial charge in [0.25, 0.3) is 5.69 Å². The molecular formula is C9H8N2O4S. The molecule has 0 atom stereocenters. The summed E-state index contributed by atoms with van der Waals surface area (Å²) < 4.78 is 22.7. The number of rotatable bonds is 3. The average molecular weight is 240 g/mol. The van der Waals surface area contributed by atoms with Gasteiger partial charge < -0.3 is 4.57 Å². The molecule has 0 amide bonds. The third kappa shape index (κ3) is 1.89. The summed E-state index contributed by atoms with van der Waals surface area (Å²) >= 11 is 0. The van der Waals surface area contributed by atoms with Gasteiger partial charge in [0, 0.05) is 23.7 Å². The molecule has 2 rings (SSSR count). The van der Waals surface area contributed by atoms with E-state index in [1.807, 2.05) is 0 Å². The minimum absolute atomic E-state index is 0.0476. The van der Waals surface area contributed by atoms with E-state index >= 15 is 0 Å². The monoisotopic (exact) mass is 240 g/mol. The van der Waals surface area contributed by atoms with Gasteiger partial charge in [0.05, 0.1) is 10.4 Å². The molecule has 6 nitrogen and oxygen atoms in total. The molecule has 1 aromatic heterocycles. The van der Waals surface area contributed by atoms with Crippen molar-refractivity contribution in [1.82, 2.24) is 4.57 Å². The quantitative estimate of drug-likeness (QED) is 0.495. The molecule has 0 N–H and O–H groups in total. The van der Waals surface area contributed by atoms with E-state index in [0.717, 1.165) is 5.39 Å². The van der Waals surface area contributed by atoms with Gasteiger partial charge in [0.15, 0.2) is 10.7 Å². The number of aromatic nitrogens is 1. The number of hydrogen-bond donors (Lipinski definition) is 1. The van der Waals surface area contributed by atoms with Crippen LogP contribution in [0.3, 0.4) is 0 Å². The van der Waals surface area contributed by atoms with Crippen LogP contribution in [0.25, 0.3) is 10.9 Å². The van der Waals surface area contributed by atoms with E-state index in [0.29, 0.717) is 5.52 Å². The molecule has 0 radical (unpaired) electrons. The maximum absolute atomic E-state index is 10.6. The van der Waals surface area contributed by atoms with Crippen LogP contribution in [0.1, 0.15) is 0 Å². The van der Waals surface area contributed by atoms with Crippen LogP contribution in [0.2, 0.25) is 0 Å². The van der Waals surface area contributed by atoms with Crippen LogP contribution in [0.15, 0.2) is 30.5 Å². The summed E-state index contributed by atoms with van der Waals surface area (Å²) in [6, 6.07) is 6.08. The van der Waals surface area contributed by atoms with Gasteiger partial charge in [-0.25, -0.2) is 8.42 Å². The van der Waals surface area contributed by atoms with Gasteiger partial charge in [-0.1, -0.05) is 0 Å². The first-order valence-electron chi connectivity index (χ1n) is 4.43. The summed E-state index contributed by atoms with van der Waals surface area (Å²) in [5.41, 5.74) is 0.502. The lowest BCUT2D eigenvalue weighted by molar-refractivity contribution is -0.384. The van der Waals surface area contributed by atoms with Crippen molar-refractivity contribution in [2.75, 3.05) is 0 Å². The topological polar surface area (TPSA) is 82.2 Å². The van der Waals surface area contributed by atoms with Crippen molar-refractivity contribution < 1.29 is 13.3 Å². The predicted octanol–water partition coefficient (Wildman–Crippen LogP) is 1.12. The highest BCUT2D eigenvalue weighted by atomic mass is 32.2. The smallest absolute Gasteiger partial charge is 0.271 e. The lowest BCUT2D eigenvalue weighted by atomic mass is 10.2. The van der Waals surface area contributed by atoms with Crippen LogP contribution >= 0.6 is 0 Å². The Bertz CT molecular complexity index is 621. The molecule has 0 spiro atoms. The fraction of sp³-hybridized carbons (Fsp3) is 0.111.